The maximum absolute atomic E-state index is 11.5. The zero-order chi connectivity index (χ0) is 16.9. The number of anilines is 1. The molecule has 22 heavy (non-hydrogen) atoms. The second-order valence-corrected chi connectivity index (χ2v) is 6.07. The number of nitro benzene ring substituents is 1. The van der Waals surface area contributed by atoms with Gasteiger partial charge in [-0.25, -0.2) is 4.79 Å². The summed E-state index contributed by atoms with van der Waals surface area (Å²) in [7, 11) is 0. The summed E-state index contributed by atoms with van der Waals surface area (Å²) in [6.45, 7) is 9.79. The van der Waals surface area contributed by atoms with Gasteiger partial charge < -0.3 is 15.4 Å². The minimum Gasteiger partial charge on any atom is -0.444 e. The Labute approximate surface area is 130 Å². The van der Waals surface area contributed by atoms with Gasteiger partial charge in [0.15, 0.2) is 0 Å². The lowest BCUT2D eigenvalue weighted by Gasteiger charge is -2.19. The first-order valence-corrected chi connectivity index (χ1v) is 7.06. The predicted octanol–water partition coefficient (Wildman–Crippen LogP) is 3.15. The van der Waals surface area contributed by atoms with Crippen molar-refractivity contribution in [3.63, 3.8) is 0 Å². The van der Waals surface area contributed by atoms with Crippen LogP contribution in [-0.2, 0) is 4.74 Å². The third-order valence-corrected chi connectivity index (χ3v) is 2.85. The van der Waals surface area contributed by atoms with Crippen molar-refractivity contribution in [2.24, 2.45) is 0 Å². The van der Waals surface area contributed by atoms with E-state index < -0.39 is 16.6 Å². The molecule has 0 atom stereocenters. The summed E-state index contributed by atoms with van der Waals surface area (Å²) < 4.78 is 5.12. The van der Waals surface area contributed by atoms with E-state index >= 15 is 0 Å². The van der Waals surface area contributed by atoms with Crippen LogP contribution < -0.4 is 10.6 Å². The molecule has 1 rings (SSSR count). The Morgan fingerprint density at radius 1 is 1.23 bits per heavy atom. The number of carbonyl (C=O) groups is 1. The first kappa shape index (κ1) is 17.7. The number of ether oxygens (including phenoxy) is 1. The number of benzene rings is 1. The number of aryl methyl sites for hydroxylation is 2. The lowest BCUT2D eigenvalue weighted by Crippen LogP contribution is -2.35. The van der Waals surface area contributed by atoms with Crippen molar-refractivity contribution in [1.82, 2.24) is 5.32 Å². The average Bonchev–Trinajstić information content (AvgIpc) is 2.35. The van der Waals surface area contributed by atoms with E-state index in [1.807, 2.05) is 0 Å². The van der Waals surface area contributed by atoms with Crippen molar-refractivity contribution in [3.05, 3.63) is 33.4 Å². The van der Waals surface area contributed by atoms with Gasteiger partial charge in [0.2, 0.25) is 0 Å². The van der Waals surface area contributed by atoms with E-state index in [1.54, 1.807) is 46.8 Å². The summed E-state index contributed by atoms with van der Waals surface area (Å²) >= 11 is 0. The number of nitrogens with zero attached hydrogens (tertiary/aromatic N) is 1. The van der Waals surface area contributed by atoms with E-state index in [1.165, 1.54) is 0 Å². The molecule has 122 valence electrons. The van der Waals surface area contributed by atoms with Crippen LogP contribution in [-0.4, -0.2) is 29.7 Å². The first-order chi connectivity index (χ1) is 10.1. The van der Waals surface area contributed by atoms with Gasteiger partial charge in [-0.3, -0.25) is 10.1 Å². The molecule has 2 N–H and O–H groups in total. The molecule has 0 fully saturated rings. The van der Waals surface area contributed by atoms with Crippen molar-refractivity contribution >= 4 is 17.5 Å². The van der Waals surface area contributed by atoms with Gasteiger partial charge in [-0.15, -0.1) is 0 Å². The highest BCUT2D eigenvalue weighted by molar-refractivity contribution is 5.67. The maximum atomic E-state index is 11.5. The molecule has 0 unspecified atom stereocenters. The number of rotatable bonds is 5. The Balaban J connectivity index is 2.51. The second-order valence-electron chi connectivity index (χ2n) is 6.07. The van der Waals surface area contributed by atoms with Crippen LogP contribution in [0.2, 0.25) is 0 Å². The molecule has 0 aliphatic carbocycles. The van der Waals surface area contributed by atoms with Crippen LogP contribution in [0.1, 0.15) is 31.9 Å². The van der Waals surface area contributed by atoms with Crippen LogP contribution in [0.3, 0.4) is 0 Å². The number of amides is 1. The Kier molecular flexibility index (Phi) is 5.73. The third kappa shape index (κ3) is 5.59. The highest BCUT2D eigenvalue weighted by Crippen LogP contribution is 2.25. The molecule has 1 aromatic carbocycles. The van der Waals surface area contributed by atoms with Gasteiger partial charge in [-0.05, 0) is 46.2 Å². The Bertz CT molecular complexity index is 565. The molecular formula is C15H23N3O4. The largest absolute Gasteiger partial charge is 0.444 e. The van der Waals surface area contributed by atoms with E-state index in [0.717, 1.165) is 11.3 Å². The van der Waals surface area contributed by atoms with E-state index in [4.69, 9.17) is 4.74 Å². The highest BCUT2D eigenvalue weighted by Gasteiger charge is 2.16. The predicted molar refractivity (Wildman–Crippen MR) is 85.3 cm³/mol. The molecule has 0 aliphatic heterocycles. The van der Waals surface area contributed by atoms with Gasteiger partial charge in [-0.1, -0.05) is 0 Å². The van der Waals surface area contributed by atoms with Crippen molar-refractivity contribution < 1.29 is 14.5 Å². The van der Waals surface area contributed by atoms with Crippen LogP contribution in [0.5, 0.6) is 0 Å². The first-order valence-electron chi connectivity index (χ1n) is 7.06. The smallest absolute Gasteiger partial charge is 0.407 e. The van der Waals surface area contributed by atoms with Crippen LogP contribution in [0, 0.1) is 24.0 Å². The molecule has 0 aliphatic rings. The third-order valence-electron chi connectivity index (χ3n) is 2.85. The Hall–Kier alpha value is -2.31. The standard InChI is InChI=1S/C15H23N3O4/c1-10-9-13(18(20)21)11(2)8-12(10)16-6-7-17-14(19)22-15(3,4)5/h8-9,16H,6-7H2,1-5H3,(H,17,19). The molecule has 0 radical (unpaired) electrons. The fourth-order valence-corrected chi connectivity index (χ4v) is 1.86. The molecule has 7 nitrogen and oxygen atoms in total. The Morgan fingerprint density at radius 2 is 1.86 bits per heavy atom. The van der Waals surface area contributed by atoms with Gasteiger partial charge in [0.1, 0.15) is 5.60 Å². The van der Waals surface area contributed by atoms with Crippen LogP contribution in [0.15, 0.2) is 12.1 Å². The van der Waals surface area contributed by atoms with E-state index in [9.17, 15) is 14.9 Å². The number of alkyl carbamates (subject to hydrolysis) is 1. The minimum atomic E-state index is -0.524. The molecular weight excluding hydrogens is 286 g/mol. The van der Waals surface area contributed by atoms with Gasteiger partial charge in [0.05, 0.1) is 4.92 Å². The normalized spacial score (nSPS) is 11.0. The zero-order valence-electron chi connectivity index (χ0n) is 13.6. The molecule has 0 bridgehead atoms. The number of carbonyl (C=O) groups excluding carboxylic acids is 1. The molecule has 0 heterocycles. The summed E-state index contributed by atoms with van der Waals surface area (Å²) in [4.78, 5) is 21.9. The van der Waals surface area contributed by atoms with Crippen molar-refractivity contribution in [1.29, 1.82) is 0 Å². The van der Waals surface area contributed by atoms with Crippen molar-refractivity contribution in [3.8, 4) is 0 Å². The van der Waals surface area contributed by atoms with Crippen LogP contribution in [0.25, 0.3) is 0 Å². The fraction of sp³-hybridized carbons (Fsp3) is 0.533. The minimum absolute atomic E-state index is 0.106. The van der Waals surface area contributed by atoms with Crippen LogP contribution in [0.4, 0.5) is 16.2 Å². The summed E-state index contributed by atoms with van der Waals surface area (Å²) in [6.07, 6.45) is -0.467. The molecule has 0 aromatic heterocycles. The van der Waals surface area contributed by atoms with E-state index in [0.29, 0.717) is 18.7 Å². The monoisotopic (exact) mass is 309 g/mol. The molecule has 1 aromatic rings. The van der Waals surface area contributed by atoms with Crippen molar-refractivity contribution in [2.45, 2.75) is 40.2 Å². The van der Waals surface area contributed by atoms with Gasteiger partial charge in [-0.2, -0.15) is 0 Å². The summed E-state index contributed by atoms with van der Waals surface area (Å²) in [5, 5.41) is 16.6. The molecule has 0 spiro atoms. The fourth-order valence-electron chi connectivity index (χ4n) is 1.86. The highest BCUT2D eigenvalue weighted by atomic mass is 16.6. The van der Waals surface area contributed by atoms with Gasteiger partial charge in [0.25, 0.3) is 5.69 Å². The molecule has 0 saturated carbocycles. The lowest BCUT2D eigenvalue weighted by molar-refractivity contribution is -0.385. The van der Waals surface area contributed by atoms with Crippen molar-refractivity contribution in [2.75, 3.05) is 18.4 Å². The number of nitrogens with one attached hydrogen (secondary N) is 2. The summed E-state index contributed by atoms with van der Waals surface area (Å²) in [6, 6.07) is 3.28. The molecule has 1 amide bonds. The molecule has 0 saturated heterocycles. The van der Waals surface area contributed by atoms with E-state index in [-0.39, 0.29) is 5.69 Å². The average molecular weight is 309 g/mol. The summed E-state index contributed by atoms with van der Waals surface area (Å²) in [5.74, 6) is 0. The number of nitro groups is 1. The van der Waals surface area contributed by atoms with Crippen LogP contribution >= 0.6 is 0 Å². The summed E-state index contributed by atoms with van der Waals surface area (Å²) in [5.41, 5.74) is 1.78. The lowest BCUT2D eigenvalue weighted by atomic mass is 10.1. The zero-order valence-corrected chi connectivity index (χ0v) is 13.6. The number of hydrogen-bond donors (Lipinski definition) is 2. The molecule has 7 heteroatoms. The topological polar surface area (TPSA) is 93.5 Å². The second kappa shape index (κ2) is 7.11. The quantitative estimate of drug-likeness (QED) is 0.495. The van der Waals surface area contributed by atoms with Gasteiger partial charge >= 0.3 is 6.09 Å². The maximum Gasteiger partial charge on any atom is 0.407 e. The van der Waals surface area contributed by atoms with Gasteiger partial charge in [0, 0.05) is 30.4 Å². The Morgan fingerprint density at radius 3 is 2.41 bits per heavy atom. The van der Waals surface area contributed by atoms with E-state index in [2.05, 4.69) is 10.6 Å². The SMILES string of the molecule is Cc1cc([N+](=O)[O-])c(C)cc1NCCNC(=O)OC(C)(C)C. The number of hydrogen-bond acceptors (Lipinski definition) is 5.